The minimum Gasteiger partial charge on any atom is -0.484 e. The Morgan fingerprint density at radius 3 is 2.95 bits per heavy atom. The minimum absolute atomic E-state index is 0.0125. The van der Waals surface area contributed by atoms with E-state index in [4.69, 9.17) is 10.5 Å². The van der Waals surface area contributed by atoms with E-state index < -0.39 is 0 Å². The molecule has 19 heavy (non-hydrogen) atoms. The topological polar surface area (TPSA) is 48.1 Å². The molecule has 94 valence electrons. The van der Waals surface area contributed by atoms with Gasteiger partial charge in [-0.2, -0.15) is 0 Å². The van der Waals surface area contributed by atoms with Crippen LogP contribution < -0.4 is 10.5 Å². The van der Waals surface area contributed by atoms with Gasteiger partial charge < -0.3 is 10.5 Å². The molecule has 4 rings (SSSR count). The van der Waals surface area contributed by atoms with Crippen molar-refractivity contribution in [3.63, 3.8) is 0 Å². The average Bonchev–Trinajstić information content (AvgIpc) is 2.80. The van der Waals surface area contributed by atoms with Crippen molar-refractivity contribution < 1.29 is 4.74 Å². The molecule has 2 aromatic carbocycles. The number of nitrogens with two attached hydrogens (primary N) is 1. The molecule has 1 aliphatic heterocycles. The second-order valence-corrected chi connectivity index (χ2v) is 5.75. The lowest BCUT2D eigenvalue weighted by Crippen LogP contribution is -2.09. The van der Waals surface area contributed by atoms with Gasteiger partial charge in [0.25, 0.3) is 0 Å². The van der Waals surface area contributed by atoms with Gasteiger partial charge in [0, 0.05) is 0 Å². The minimum atomic E-state index is 0.0125. The van der Waals surface area contributed by atoms with E-state index in [9.17, 15) is 0 Å². The van der Waals surface area contributed by atoms with Crippen molar-refractivity contribution >= 4 is 27.2 Å². The van der Waals surface area contributed by atoms with Crippen LogP contribution in [0.5, 0.6) is 5.75 Å². The van der Waals surface area contributed by atoms with Crippen LogP contribution >= 0.6 is 11.3 Å². The predicted octanol–water partition coefficient (Wildman–Crippen LogP) is 4.00. The van der Waals surface area contributed by atoms with Crippen LogP contribution in [0.3, 0.4) is 0 Å². The molecule has 0 spiro atoms. The Bertz CT molecular complexity index is 794. The molecule has 2 heterocycles. The Labute approximate surface area is 114 Å². The van der Waals surface area contributed by atoms with Crippen LogP contribution in [-0.4, -0.2) is 4.98 Å². The summed E-state index contributed by atoms with van der Waals surface area (Å²) in [6, 6.07) is 12.4. The number of anilines is 1. The van der Waals surface area contributed by atoms with Gasteiger partial charge in [-0.1, -0.05) is 41.7 Å². The summed E-state index contributed by atoms with van der Waals surface area (Å²) < 4.78 is 5.99. The SMILES string of the molecule is CC1Oc2ccc3ccccc3c2-c2nc(N)sc21. The summed E-state index contributed by atoms with van der Waals surface area (Å²) in [5.41, 5.74) is 7.92. The number of benzene rings is 2. The lowest BCUT2D eigenvalue weighted by molar-refractivity contribution is 0.227. The third kappa shape index (κ3) is 1.47. The Balaban J connectivity index is 2.13. The smallest absolute Gasteiger partial charge is 0.180 e. The molecule has 4 heteroatoms. The van der Waals surface area contributed by atoms with Crippen LogP contribution in [0.2, 0.25) is 0 Å². The third-order valence-electron chi connectivity index (χ3n) is 3.47. The standard InChI is InChI=1S/C15H12N2OS/c1-8-14-13(17-15(16)19-14)12-10-5-3-2-4-9(10)6-7-11(12)18-8/h2-8H,1H3,(H2,16,17). The molecule has 2 N–H and O–H groups in total. The monoisotopic (exact) mass is 268 g/mol. The van der Waals surface area contributed by atoms with Crippen LogP contribution in [0.25, 0.3) is 22.0 Å². The quantitative estimate of drug-likeness (QED) is 0.670. The maximum absolute atomic E-state index is 5.99. The number of nitrogen functional groups attached to an aromatic ring is 1. The third-order valence-corrected chi connectivity index (χ3v) is 4.52. The molecular weight excluding hydrogens is 256 g/mol. The number of ether oxygens (including phenoxy) is 1. The summed E-state index contributed by atoms with van der Waals surface area (Å²) in [5.74, 6) is 0.893. The van der Waals surface area contributed by atoms with E-state index in [-0.39, 0.29) is 6.10 Å². The Kier molecular flexibility index (Phi) is 2.11. The molecule has 1 aromatic heterocycles. The fourth-order valence-corrected chi connectivity index (χ4v) is 3.46. The van der Waals surface area contributed by atoms with Crippen LogP contribution in [0.1, 0.15) is 17.9 Å². The highest BCUT2D eigenvalue weighted by Gasteiger charge is 2.28. The molecule has 0 fully saturated rings. The van der Waals surface area contributed by atoms with Gasteiger partial charge in [0.1, 0.15) is 11.9 Å². The van der Waals surface area contributed by atoms with E-state index in [0.29, 0.717) is 5.13 Å². The van der Waals surface area contributed by atoms with Crippen LogP contribution in [-0.2, 0) is 0 Å². The zero-order chi connectivity index (χ0) is 13.0. The molecule has 0 saturated carbocycles. The van der Waals surface area contributed by atoms with E-state index in [1.54, 1.807) is 0 Å². The largest absolute Gasteiger partial charge is 0.484 e. The van der Waals surface area contributed by atoms with Crippen molar-refractivity contribution in [2.45, 2.75) is 13.0 Å². The normalized spacial score (nSPS) is 16.8. The van der Waals surface area contributed by atoms with Crippen molar-refractivity contribution in [2.24, 2.45) is 0 Å². The molecule has 0 radical (unpaired) electrons. The Morgan fingerprint density at radius 1 is 1.21 bits per heavy atom. The maximum atomic E-state index is 5.99. The zero-order valence-electron chi connectivity index (χ0n) is 10.4. The number of fused-ring (bicyclic) bond motifs is 5. The number of hydrogen-bond donors (Lipinski definition) is 1. The first-order chi connectivity index (χ1) is 9.24. The highest BCUT2D eigenvalue weighted by atomic mass is 32.1. The fourth-order valence-electron chi connectivity index (χ4n) is 2.64. The maximum Gasteiger partial charge on any atom is 0.180 e. The van der Waals surface area contributed by atoms with Crippen molar-refractivity contribution in [2.75, 3.05) is 5.73 Å². The van der Waals surface area contributed by atoms with Crippen molar-refractivity contribution in [1.82, 2.24) is 4.98 Å². The van der Waals surface area contributed by atoms with E-state index in [1.807, 2.05) is 25.1 Å². The first-order valence-corrected chi connectivity index (χ1v) is 7.00. The first kappa shape index (κ1) is 10.8. The Morgan fingerprint density at radius 2 is 2.05 bits per heavy atom. The van der Waals surface area contributed by atoms with E-state index in [1.165, 1.54) is 22.1 Å². The summed E-state index contributed by atoms with van der Waals surface area (Å²) in [7, 11) is 0. The highest BCUT2D eigenvalue weighted by Crippen LogP contribution is 2.47. The van der Waals surface area contributed by atoms with Gasteiger partial charge in [0.2, 0.25) is 0 Å². The van der Waals surface area contributed by atoms with Crippen LogP contribution in [0, 0.1) is 0 Å². The molecule has 1 unspecified atom stereocenters. The van der Waals surface area contributed by atoms with E-state index in [0.717, 1.165) is 21.9 Å². The van der Waals surface area contributed by atoms with Crippen LogP contribution in [0.4, 0.5) is 5.13 Å². The lowest BCUT2D eigenvalue weighted by Gasteiger charge is -2.23. The molecule has 1 atom stereocenters. The van der Waals surface area contributed by atoms with E-state index >= 15 is 0 Å². The molecule has 3 nitrogen and oxygen atoms in total. The van der Waals surface area contributed by atoms with Crippen molar-refractivity contribution in [3.05, 3.63) is 41.3 Å². The second-order valence-electron chi connectivity index (χ2n) is 4.68. The van der Waals surface area contributed by atoms with Gasteiger partial charge in [-0.05, 0) is 23.8 Å². The first-order valence-electron chi connectivity index (χ1n) is 6.19. The van der Waals surface area contributed by atoms with Gasteiger partial charge >= 0.3 is 0 Å². The van der Waals surface area contributed by atoms with E-state index in [2.05, 4.69) is 23.2 Å². The molecule has 0 saturated heterocycles. The number of nitrogens with zero attached hydrogens (tertiary/aromatic N) is 1. The van der Waals surface area contributed by atoms with Gasteiger partial charge in [0.15, 0.2) is 5.13 Å². The molecule has 0 bridgehead atoms. The predicted molar refractivity (Wildman–Crippen MR) is 78.5 cm³/mol. The van der Waals surface area contributed by atoms with Gasteiger partial charge in [0.05, 0.1) is 16.1 Å². The van der Waals surface area contributed by atoms with Crippen molar-refractivity contribution in [3.8, 4) is 17.0 Å². The Hall–Kier alpha value is -2.07. The number of thiazole rings is 1. The van der Waals surface area contributed by atoms with Gasteiger partial charge in [-0.15, -0.1) is 0 Å². The number of hydrogen-bond acceptors (Lipinski definition) is 4. The van der Waals surface area contributed by atoms with Crippen LogP contribution in [0.15, 0.2) is 36.4 Å². The molecular formula is C15H12N2OS. The molecule has 1 aliphatic rings. The second kappa shape index (κ2) is 3.71. The fraction of sp³-hybridized carbons (Fsp3) is 0.133. The number of aromatic nitrogens is 1. The number of rotatable bonds is 0. The van der Waals surface area contributed by atoms with Crippen molar-refractivity contribution in [1.29, 1.82) is 0 Å². The summed E-state index contributed by atoms with van der Waals surface area (Å²) >= 11 is 1.51. The summed E-state index contributed by atoms with van der Waals surface area (Å²) in [5, 5.41) is 2.96. The molecule has 0 aliphatic carbocycles. The molecule has 3 aromatic rings. The zero-order valence-corrected chi connectivity index (χ0v) is 11.2. The average molecular weight is 268 g/mol. The summed E-state index contributed by atoms with van der Waals surface area (Å²) in [6.07, 6.45) is 0.0125. The summed E-state index contributed by atoms with van der Waals surface area (Å²) in [6.45, 7) is 2.04. The van der Waals surface area contributed by atoms with Gasteiger partial charge in [-0.25, -0.2) is 4.98 Å². The molecule has 0 amide bonds. The summed E-state index contributed by atoms with van der Waals surface area (Å²) in [4.78, 5) is 5.62. The highest BCUT2D eigenvalue weighted by molar-refractivity contribution is 7.16. The lowest BCUT2D eigenvalue weighted by atomic mass is 9.98. The van der Waals surface area contributed by atoms with Gasteiger partial charge in [-0.3, -0.25) is 0 Å².